The maximum Gasteiger partial charge on any atom is 0.407 e. The highest BCUT2D eigenvalue weighted by Crippen LogP contribution is 2.42. The second-order valence-electron chi connectivity index (χ2n) is 15.4. The Morgan fingerprint density at radius 3 is 1.72 bits per heavy atom. The number of ether oxygens (including phenoxy) is 3. The molecule has 7 rings (SSSR count). The smallest absolute Gasteiger partial charge is 0.407 e. The summed E-state index contributed by atoms with van der Waals surface area (Å²) in [5.74, 6) is 2.97. The molecule has 15 heteroatoms. The molecule has 2 fully saturated rings. The normalized spacial score (nSPS) is 19.3. The molecule has 58 heavy (non-hydrogen) atoms. The summed E-state index contributed by atoms with van der Waals surface area (Å²) in [5.41, 5.74) is 3.63. The van der Waals surface area contributed by atoms with Gasteiger partial charge in [0.25, 0.3) is 0 Å². The number of hydrogen-bond donors (Lipinski definition) is 2. The topological polar surface area (TPSA) is 179 Å². The van der Waals surface area contributed by atoms with E-state index in [1.165, 1.54) is 14.2 Å². The first kappa shape index (κ1) is 40.3. The standard InChI is InChI=1S/C43H52N6O9/c1-7-24(3)36(46-42(52)54-5)40(50)48-17-9-11-30(48)38-44-22-34(57-38)27-15-16-32-29(20-27)19-26-13-14-28(21-33(26)56-32)35-23-45-39(58-35)31-12-10-18-49(31)41(51)37(25(4)8-2)47-43(53)55-6/h13-16,20-25,30-31,36-37H,7-12,17-19H2,1-6H3,(H,46,52)(H,47,53)/t24-,25-,30-,31-,36-,37-/m0/s1. The number of fused-ring (bicyclic) bond motifs is 2. The molecule has 4 aromatic rings. The van der Waals surface area contributed by atoms with Crippen molar-refractivity contribution in [1.29, 1.82) is 0 Å². The minimum atomic E-state index is -0.718. The number of aromatic nitrogens is 2. The Kier molecular flexibility index (Phi) is 12.1. The van der Waals surface area contributed by atoms with Gasteiger partial charge in [-0.25, -0.2) is 19.6 Å². The summed E-state index contributed by atoms with van der Waals surface area (Å²) in [6.07, 6.45) is 7.14. The Morgan fingerprint density at radius 1 is 0.724 bits per heavy atom. The maximum absolute atomic E-state index is 13.7. The summed E-state index contributed by atoms with van der Waals surface area (Å²) >= 11 is 0. The molecule has 5 heterocycles. The molecule has 2 saturated heterocycles. The number of nitrogens with one attached hydrogen (secondary N) is 2. The lowest BCUT2D eigenvalue weighted by Crippen LogP contribution is -2.51. The molecule has 0 bridgehead atoms. The van der Waals surface area contributed by atoms with Crippen LogP contribution in [-0.4, -0.2) is 83.2 Å². The van der Waals surface area contributed by atoms with E-state index in [1.54, 1.807) is 22.2 Å². The Hall–Kier alpha value is -5.86. The molecule has 2 N–H and O–H groups in total. The highest BCUT2D eigenvalue weighted by molar-refractivity contribution is 5.87. The van der Waals surface area contributed by atoms with Crippen molar-refractivity contribution in [2.45, 2.75) is 96.8 Å². The SMILES string of the molecule is CC[C@H](C)[C@H](NC(=O)OC)C(=O)N1CCC[C@H]1c1ncc(-c2ccc3c(c2)Cc2ccc(-c4cnc([C@@H]5CCCN5C(=O)[C@@H](NC(=O)OC)[C@@H](C)CC)o4)cc2O3)o1. The average molecular weight is 797 g/mol. The van der Waals surface area contributed by atoms with Crippen molar-refractivity contribution in [3.05, 3.63) is 71.7 Å². The molecule has 3 aliphatic heterocycles. The van der Waals surface area contributed by atoms with Crippen LogP contribution in [0.4, 0.5) is 9.59 Å². The largest absolute Gasteiger partial charge is 0.457 e. The van der Waals surface area contributed by atoms with Gasteiger partial charge in [0.15, 0.2) is 11.5 Å². The number of carbonyl (C=O) groups excluding carboxylic acids is 4. The third-order valence-electron chi connectivity index (χ3n) is 11.9. The fourth-order valence-corrected chi connectivity index (χ4v) is 8.06. The van der Waals surface area contributed by atoms with Gasteiger partial charge in [-0.05, 0) is 67.3 Å². The molecule has 0 aliphatic carbocycles. The first-order valence-electron chi connectivity index (χ1n) is 20.2. The highest BCUT2D eigenvalue weighted by atomic mass is 16.5. The van der Waals surface area contributed by atoms with E-state index < -0.39 is 24.3 Å². The van der Waals surface area contributed by atoms with Crippen molar-refractivity contribution in [2.24, 2.45) is 11.8 Å². The van der Waals surface area contributed by atoms with Crippen LogP contribution in [-0.2, 0) is 25.5 Å². The molecule has 0 radical (unpaired) electrons. The summed E-state index contributed by atoms with van der Waals surface area (Å²) in [5, 5.41) is 5.45. The Balaban J connectivity index is 1.03. The van der Waals surface area contributed by atoms with E-state index in [0.29, 0.717) is 74.2 Å². The molecule has 2 aromatic heterocycles. The molecule has 4 amide bonds. The van der Waals surface area contributed by atoms with E-state index >= 15 is 0 Å². The Labute approximate surface area is 337 Å². The number of amides is 4. The van der Waals surface area contributed by atoms with Crippen LogP contribution < -0.4 is 15.4 Å². The monoisotopic (exact) mass is 796 g/mol. The van der Waals surface area contributed by atoms with Gasteiger partial charge in [-0.2, -0.15) is 0 Å². The Morgan fingerprint density at radius 2 is 1.22 bits per heavy atom. The van der Waals surface area contributed by atoms with Gasteiger partial charge in [-0.1, -0.05) is 52.7 Å². The number of benzene rings is 2. The fraction of sp³-hybridized carbons (Fsp3) is 0.488. The summed E-state index contributed by atoms with van der Waals surface area (Å²) in [6.45, 7) is 8.92. The van der Waals surface area contributed by atoms with Crippen LogP contribution in [0.5, 0.6) is 11.5 Å². The molecule has 6 atom stereocenters. The molecular formula is C43H52N6O9. The number of nitrogens with zero attached hydrogens (tertiary/aromatic N) is 4. The zero-order valence-electron chi connectivity index (χ0n) is 33.9. The molecule has 2 aromatic carbocycles. The average Bonchev–Trinajstić information content (AvgIpc) is 4.09. The summed E-state index contributed by atoms with van der Waals surface area (Å²) in [6, 6.07) is 9.70. The van der Waals surface area contributed by atoms with Crippen molar-refractivity contribution in [3.63, 3.8) is 0 Å². The van der Waals surface area contributed by atoms with Crippen LogP contribution >= 0.6 is 0 Å². The van der Waals surface area contributed by atoms with Gasteiger partial charge >= 0.3 is 12.2 Å². The Bertz CT molecular complexity index is 2000. The van der Waals surface area contributed by atoms with Gasteiger partial charge in [0.1, 0.15) is 35.7 Å². The van der Waals surface area contributed by atoms with Crippen molar-refractivity contribution in [3.8, 4) is 34.1 Å². The number of hydrogen-bond acceptors (Lipinski definition) is 11. The lowest BCUT2D eigenvalue weighted by molar-refractivity contribution is -0.136. The third-order valence-corrected chi connectivity index (χ3v) is 11.9. The second kappa shape index (κ2) is 17.3. The predicted octanol–water partition coefficient (Wildman–Crippen LogP) is 7.56. The van der Waals surface area contributed by atoms with E-state index in [2.05, 4.69) is 20.6 Å². The van der Waals surface area contributed by atoms with Crippen LogP contribution in [0.3, 0.4) is 0 Å². The third kappa shape index (κ3) is 8.12. The minimum Gasteiger partial charge on any atom is -0.457 e. The number of oxazole rings is 2. The molecule has 3 aliphatic rings. The summed E-state index contributed by atoms with van der Waals surface area (Å²) in [7, 11) is 2.57. The van der Waals surface area contributed by atoms with Crippen LogP contribution in [0.2, 0.25) is 0 Å². The van der Waals surface area contributed by atoms with E-state index in [1.807, 2.05) is 64.1 Å². The molecule has 15 nitrogen and oxygen atoms in total. The minimum absolute atomic E-state index is 0.0864. The van der Waals surface area contributed by atoms with Gasteiger partial charge in [0.05, 0.1) is 26.6 Å². The fourth-order valence-electron chi connectivity index (χ4n) is 8.06. The van der Waals surface area contributed by atoms with E-state index in [-0.39, 0.29) is 35.7 Å². The van der Waals surface area contributed by atoms with Crippen molar-refractivity contribution in [2.75, 3.05) is 27.3 Å². The van der Waals surface area contributed by atoms with E-state index in [4.69, 9.17) is 23.0 Å². The zero-order valence-corrected chi connectivity index (χ0v) is 33.9. The van der Waals surface area contributed by atoms with Crippen molar-refractivity contribution >= 4 is 24.0 Å². The zero-order chi connectivity index (χ0) is 41.1. The lowest BCUT2D eigenvalue weighted by atomic mass is 9.96. The first-order valence-corrected chi connectivity index (χ1v) is 20.2. The van der Waals surface area contributed by atoms with E-state index in [0.717, 1.165) is 40.8 Å². The predicted molar refractivity (Wildman–Crippen MR) is 212 cm³/mol. The highest BCUT2D eigenvalue weighted by Gasteiger charge is 2.40. The number of alkyl carbamates (subject to hydrolysis) is 2. The number of rotatable bonds is 12. The maximum atomic E-state index is 13.7. The van der Waals surface area contributed by atoms with Crippen molar-refractivity contribution in [1.82, 2.24) is 30.4 Å². The lowest BCUT2D eigenvalue weighted by Gasteiger charge is -2.30. The van der Waals surface area contributed by atoms with Gasteiger partial charge in [-0.15, -0.1) is 0 Å². The molecule has 0 unspecified atom stereocenters. The first-order chi connectivity index (χ1) is 28.0. The van der Waals surface area contributed by atoms with Crippen LogP contribution in [0.25, 0.3) is 22.6 Å². The molecule has 308 valence electrons. The van der Waals surface area contributed by atoms with Crippen LogP contribution in [0.15, 0.2) is 57.6 Å². The number of carbonyl (C=O) groups is 4. The number of methoxy groups -OCH3 is 2. The molecule has 0 saturated carbocycles. The molecular weight excluding hydrogens is 745 g/mol. The summed E-state index contributed by atoms with van der Waals surface area (Å²) in [4.78, 5) is 64.3. The second-order valence-corrected chi connectivity index (χ2v) is 15.4. The molecule has 0 spiro atoms. The quantitative estimate of drug-likeness (QED) is 0.127. The van der Waals surface area contributed by atoms with Gasteiger partial charge in [0.2, 0.25) is 23.6 Å². The van der Waals surface area contributed by atoms with E-state index in [9.17, 15) is 19.2 Å². The van der Waals surface area contributed by atoms with Gasteiger partial charge in [0, 0.05) is 36.2 Å². The summed E-state index contributed by atoms with van der Waals surface area (Å²) < 4.78 is 28.6. The number of likely N-dealkylation sites (tertiary alicyclic amines) is 2. The van der Waals surface area contributed by atoms with Crippen molar-refractivity contribution < 1.29 is 42.2 Å². The van der Waals surface area contributed by atoms with Gasteiger partial charge < -0.3 is 43.5 Å². The van der Waals surface area contributed by atoms with Gasteiger partial charge in [-0.3, -0.25) is 9.59 Å². The van der Waals surface area contributed by atoms with Crippen LogP contribution in [0.1, 0.15) is 101 Å². The van der Waals surface area contributed by atoms with Crippen LogP contribution in [0, 0.1) is 11.8 Å².